The van der Waals surface area contributed by atoms with Gasteiger partial charge in [0.15, 0.2) is 0 Å². The second kappa shape index (κ2) is 14.1. The van der Waals surface area contributed by atoms with Crippen LogP contribution in [0.25, 0.3) is 11.1 Å². The van der Waals surface area contributed by atoms with Crippen molar-refractivity contribution in [1.29, 1.82) is 0 Å². The van der Waals surface area contributed by atoms with Crippen molar-refractivity contribution in [3.05, 3.63) is 86.3 Å². The Bertz CT molecular complexity index is 1500. The van der Waals surface area contributed by atoms with Gasteiger partial charge in [0, 0.05) is 67.8 Å². The van der Waals surface area contributed by atoms with Crippen LogP contribution in [0.15, 0.2) is 47.3 Å². The number of hydrogen-bond donors (Lipinski definition) is 2. The number of pyridine rings is 1. The van der Waals surface area contributed by atoms with E-state index in [0.717, 1.165) is 79.3 Å². The Kier molecular flexibility index (Phi) is 10.2. The molecule has 2 heterocycles. The Morgan fingerprint density at radius 3 is 2.23 bits per heavy atom. The van der Waals surface area contributed by atoms with Gasteiger partial charge in [0.05, 0.1) is 13.2 Å². The number of anilines is 1. The van der Waals surface area contributed by atoms with E-state index in [2.05, 4.69) is 76.5 Å². The number of hydrogen-bond acceptors (Lipinski definition) is 6. The molecule has 0 unspecified atom stereocenters. The number of aromatic amines is 1. The summed E-state index contributed by atoms with van der Waals surface area (Å²) in [6, 6.07) is 16.0. The molecule has 1 saturated carbocycles. The normalized spacial score (nSPS) is 19.2. The predicted octanol–water partition coefficient (Wildman–Crippen LogP) is 5.04. The first-order chi connectivity index (χ1) is 21.1. The lowest BCUT2D eigenvalue weighted by atomic mass is 9.88. The van der Waals surface area contributed by atoms with E-state index >= 15 is 0 Å². The lowest BCUT2D eigenvalue weighted by Crippen LogP contribution is -2.40. The maximum absolute atomic E-state index is 13.8. The number of aromatic nitrogens is 1. The average Bonchev–Trinajstić information content (AvgIpc) is 3.01. The van der Waals surface area contributed by atoms with Gasteiger partial charge >= 0.3 is 0 Å². The molecule has 1 aliphatic heterocycles. The number of nitrogens with zero attached hydrogens (tertiary/aromatic N) is 3. The molecule has 8 heteroatoms. The van der Waals surface area contributed by atoms with Gasteiger partial charge < -0.3 is 24.8 Å². The molecule has 236 valence electrons. The molecule has 0 bridgehead atoms. The summed E-state index contributed by atoms with van der Waals surface area (Å²) < 4.78 is 5.51. The summed E-state index contributed by atoms with van der Waals surface area (Å²) in [5, 5.41) is 3.06. The molecule has 2 aliphatic rings. The molecular formula is C36H49N5O3. The smallest absolute Gasteiger partial charge is 0.253 e. The van der Waals surface area contributed by atoms with Crippen molar-refractivity contribution < 1.29 is 9.53 Å². The van der Waals surface area contributed by atoms with Crippen molar-refractivity contribution in [3.8, 4) is 11.1 Å². The van der Waals surface area contributed by atoms with Crippen LogP contribution in [-0.2, 0) is 17.8 Å². The van der Waals surface area contributed by atoms with Crippen LogP contribution in [0.5, 0.6) is 0 Å². The van der Waals surface area contributed by atoms with Gasteiger partial charge in [0.2, 0.25) is 0 Å². The third kappa shape index (κ3) is 7.42. The van der Waals surface area contributed by atoms with Gasteiger partial charge in [-0.2, -0.15) is 0 Å². The molecule has 2 fully saturated rings. The highest BCUT2D eigenvalue weighted by atomic mass is 16.5. The van der Waals surface area contributed by atoms with Crippen LogP contribution >= 0.6 is 0 Å². The van der Waals surface area contributed by atoms with Crippen molar-refractivity contribution in [2.75, 3.05) is 52.3 Å². The maximum Gasteiger partial charge on any atom is 0.253 e. The van der Waals surface area contributed by atoms with Crippen LogP contribution in [0, 0.1) is 20.8 Å². The fraction of sp³-hybridized carbons (Fsp3) is 0.500. The molecule has 8 nitrogen and oxygen atoms in total. The molecule has 1 aliphatic carbocycles. The minimum Gasteiger partial charge on any atom is -0.379 e. The number of aryl methyl sites for hydroxylation is 2. The summed E-state index contributed by atoms with van der Waals surface area (Å²) in [4.78, 5) is 36.4. The molecule has 0 atom stereocenters. The van der Waals surface area contributed by atoms with Crippen molar-refractivity contribution in [1.82, 2.24) is 20.1 Å². The molecule has 5 rings (SSSR count). The van der Waals surface area contributed by atoms with E-state index < -0.39 is 0 Å². The molecule has 3 aromatic rings. The number of morpholine rings is 1. The highest BCUT2D eigenvalue weighted by molar-refractivity contribution is 5.99. The van der Waals surface area contributed by atoms with E-state index in [9.17, 15) is 9.59 Å². The number of carbonyl (C=O) groups excluding carboxylic acids is 1. The fourth-order valence-electron chi connectivity index (χ4n) is 6.81. The third-order valence-electron chi connectivity index (χ3n) is 9.67. The number of H-pyrrole nitrogens is 1. The quantitative estimate of drug-likeness (QED) is 0.359. The predicted molar refractivity (Wildman–Crippen MR) is 179 cm³/mol. The summed E-state index contributed by atoms with van der Waals surface area (Å²) in [6.07, 6.45) is 4.58. The van der Waals surface area contributed by atoms with Gasteiger partial charge in [-0.25, -0.2) is 0 Å². The van der Waals surface area contributed by atoms with E-state index in [1.165, 1.54) is 18.4 Å². The largest absolute Gasteiger partial charge is 0.379 e. The summed E-state index contributed by atoms with van der Waals surface area (Å²) in [7, 11) is 6.52. The van der Waals surface area contributed by atoms with Crippen LogP contribution in [0.1, 0.15) is 64.0 Å². The summed E-state index contributed by atoms with van der Waals surface area (Å²) in [5.74, 6) is -0.168. The van der Waals surface area contributed by atoms with Crippen molar-refractivity contribution in [3.63, 3.8) is 0 Å². The van der Waals surface area contributed by atoms with Crippen LogP contribution in [0.3, 0.4) is 0 Å². The van der Waals surface area contributed by atoms with Gasteiger partial charge in [-0.3, -0.25) is 14.5 Å². The molecule has 1 saturated heterocycles. The van der Waals surface area contributed by atoms with E-state index in [4.69, 9.17) is 4.74 Å². The Morgan fingerprint density at radius 2 is 1.59 bits per heavy atom. The second-order valence-corrected chi connectivity index (χ2v) is 12.9. The van der Waals surface area contributed by atoms with Crippen LogP contribution in [0.2, 0.25) is 0 Å². The lowest BCUT2D eigenvalue weighted by Gasteiger charge is -2.39. The number of amides is 1. The standard InChI is InChI=1S/C36H49N5O3/c1-24-19-25(2)38-36(43)33(24)22-37-35(42)32-20-29(28-9-7-27(8-10-28)23-41-15-17-44-18-16-41)21-34(26(32)3)40(6)31-13-11-30(12-14-31)39(4)5/h7-10,19-21,30-31H,11-18,22-23H2,1-6H3,(H,37,42)(H,38,43)/t30-,31-. The summed E-state index contributed by atoms with van der Waals surface area (Å²) >= 11 is 0. The number of rotatable bonds is 9. The highest BCUT2D eigenvalue weighted by Gasteiger charge is 2.27. The molecule has 2 aromatic carbocycles. The second-order valence-electron chi connectivity index (χ2n) is 12.9. The van der Waals surface area contributed by atoms with Crippen molar-refractivity contribution in [2.24, 2.45) is 0 Å². The first-order valence-corrected chi connectivity index (χ1v) is 16.0. The fourth-order valence-corrected chi connectivity index (χ4v) is 6.81. The molecule has 1 aromatic heterocycles. The number of carbonyl (C=O) groups is 1. The Balaban J connectivity index is 1.43. The third-order valence-corrected chi connectivity index (χ3v) is 9.67. The van der Waals surface area contributed by atoms with Crippen molar-refractivity contribution in [2.45, 2.75) is 71.6 Å². The Hall–Kier alpha value is -3.46. The molecule has 2 N–H and O–H groups in total. The molecule has 1 amide bonds. The number of benzene rings is 2. The average molecular weight is 600 g/mol. The Labute approximate surface area is 262 Å². The van der Waals surface area contributed by atoms with E-state index in [-0.39, 0.29) is 18.0 Å². The van der Waals surface area contributed by atoms with Gasteiger partial charge in [0.25, 0.3) is 11.5 Å². The van der Waals surface area contributed by atoms with E-state index in [1.807, 2.05) is 32.9 Å². The summed E-state index contributed by atoms with van der Waals surface area (Å²) in [5.41, 5.74) is 8.19. The van der Waals surface area contributed by atoms with Crippen LogP contribution in [0.4, 0.5) is 5.69 Å². The monoisotopic (exact) mass is 599 g/mol. The maximum atomic E-state index is 13.8. The van der Waals surface area contributed by atoms with E-state index in [1.54, 1.807) is 0 Å². The zero-order valence-electron chi connectivity index (χ0n) is 27.3. The molecule has 44 heavy (non-hydrogen) atoms. The van der Waals surface area contributed by atoms with Gasteiger partial charge in [-0.05, 0) is 107 Å². The SMILES string of the molecule is Cc1cc(C)c(CNC(=O)c2cc(-c3ccc(CN4CCOCC4)cc3)cc(N(C)[C@H]3CC[C@H](N(C)C)CC3)c2C)c(=O)[nH]1. The summed E-state index contributed by atoms with van der Waals surface area (Å²) in [6.45, 7) is 10.4. The van der Waals surface area contributed by atoms with Gasteiger partial charge in [-0.1, -0.05) is 24.3 Å². The van der Waals surface area contributed by atoms with Crippen molar-refractivity contribution >= 4 is 11.6 Å². The van der Waals surface area contributed by atoms with Gasteiger partial charge in [0.1, 0.15) is 0 Å². The first-order valence-electron chi connectivity index (χ1n) is 16.0. The van der Waals surface area contributed by atoms with E-state index in [0.29, 0.717) is 23.2 Å². The first kappa shape index (κ1) is 31.9. The Morgan fingerprint density at radius 1 is 0.932 bits per heavy atom. The minimum atomic E-state index is -0.168. The lowest BCUT2D eigenvalue weighted by molar-refractivity contribution is 0.0342. The highest BCUT2D eigenvalue weighted by Crippen LogP contribution is 2.35. The zero-order valence-corrected chi connectivity index (χ0v) is 27.3. The van der Waals surface area contributed by atoms with Crippen LogP contribution < -0.4 is 15.8 Å². The molecular weight excluding hydrogens is 550 g/mol. The zero-order chi connectivity index (χ0) is 31.4. The van der Waals surface area contributed by atoms with Crippen LogP contribution in [-0.4, -0.2) is 80.2 Å². The molecule has 0 spiro atoms. The number of ether oxygens (including phenoxy) is 1. The van der Waals surface area contributed by atoms with Gasteiger partial charge in [-0.15, -0.1) is 0 Å². The molecule has 0 radical (unpaired) electrons. The minimum absolute atomic E-state index is 0.154. The number of nitrogens with one attached hydrogen (secondary N) is 2. The topological polar surface area (TPSA) is 80.9 Å².